The molecule has 1 aromatic rings. The first-order chi connectivity index (χ1) is 9.94. The highest BCUT2D eigenvalue weighted by molar-refractivity contribution is 6.76. The van der Waals surface area contributed by atoms with Gasteiger partial charge >= 0.3 is 0 Å². The minimum Gasteiger partial charge on any atom is -0.491 e. The number of hydrogen-bond donors (Lipinski definition) is 0. The summed E-state index contributed by atoms with van der Waals surface area (Å²) in [5.41, 5.74) is 0. The number of rotatable bonds is 9. The Morgan fingerprint density at radius 3 is 2.67 bits per heavy atom. The SMILES string of the molecule is C[Si](C)(C)CCOCOc1ccc(OC[C@H]2CO2)cc1Cl. The Balaban J connectivity index is 1.70. The maximum Gasteiger partial charge on any atom is 0.189 e. The third-order valence-corrected chi connectivity index (χ3v) is 5.04. The summed E-state index contributed by atoms with van der Waals surface area (Å²) in [6, 6.07) is 6.51. The van der Waals surface area contributed by atoms with E-state index in [-0.39, 0.29) is 12.9 Å². The maximum atomic E-state index is 6.16. The molecule has 1 aromatic carbocycles. The van der Waals surface area contributed by atoms with Gasteiger partial charge in [-0.1, -0.05) is 31.2 Å². The molecule has 4 nitrogen and oxygen atoms in total. The zero-order chi connectivity index (χ0) is 15.3. The fourth-order valence-electron chi connectivity index (χ4n) is 1.58. The van der Waals surface area contributed by atoms with E-state index in [1.807, 2.05) is 6.07 Å². The van der Waals surface area contributed by atoms with Crippen LogP contribution in [0.4, 0.5) is 0 Å². The highest BCUT2D eigenvalue weighted by Gasteiger charge is 2.23. The smallest absolute Gasteiger partial charge is 0.189 e. The second-order valence-electron chi connectivity index (χ2n) is 6.34. The number of hydrogen-bond acceptors (Lipinski definition) is 4. The maximum absolute atomic E-state index is 6.16. The predicted octanol–water partition coefficient (Wildman–Crippen LogP) is 3.81. The molecule has 2 rings (SSSR count). The molecule has 0 bridgehead atoms. The van der Waals surface area contributed by atoms with Crippen molar-refractivity contribution >= 4 is 19.7 Å². The van der Waals surface area contributed by atoms with E-state index in [2.05, 4.69) is 19.6 Å². The van der Waals surface area contributed by atoms with Gasteiger partial charge in [0.2, 0.25) is 0 Å². The Morgan fingerprint density at radius 2 is 2.05 bits per heavy atom. The summed E-state index contributed by atoms with van der Waals surface area (Å²) in [6.07, 6.45) is 0.236. The molecule has 1 aliphatic rings. The first-order valence-electron chi connectivity index (χ1n) is 7.18. The van der Waals surface area contributed by atoms with Gasteiger partial charge < -0.3 is 18.9 Å². The Morgan fingerprint density at radius 1 is 1.29 bits per heavy atom. The molecule has 1 fully saturated rings. The molecule has 1 aliphatic heterocycles. The van der Waals surface area contributed by atoms with E-state index in [0.717, 1.165) is 25.0 Å². The molecule has 0 unspecified atom stereocenters. The quantitative estimate of drug-likeness (QED) is 0.299. The second-order valence-corrected chi connectivity index (χ2v) is 12.4. The fraction of sp³-hybridized carbons (Fsp3) is 0.600. The van der Waals surface area contributed by atoms with E-state index in [1.54, 1.807) is 12.1 Å². The van der Waals surface area contributed by atoms with Crippen LogP contribution in [0.5, 0.6) is 11.5 Å². The molecule has 1 atom stereocenters. The molecule has 118 valence electrons. The highest BCUT2D eigenvalue weighted by Crippen LogP contribution is 2.29. The second kappa shape index (κ2) is 7.49. The average Bonchev–Trinajstić information content (AvgIpc) is 3.21. The largest absolute Gasteiger partial charge is 0.491 e. The normalized spacial score (nSPS) is 17.6. The summed E-state index contributed by atoms with van der Waals surface area (Å²) in [6.45, 7) is 9.26. The summed E-state index contributed by atoms with van der Waals surface area (Å²) in [5, 5.41) is 0.526. The first kappa shape index (κ1) is 16.6. The highest BCUT2D eigenvalue weighted by atomic mass is 35.5. The van der Waals surface area contributed by atoms with Crippen molar-refractivity contribution in [1.82, 2.24) is 0 Å². The summed E-state index contributed by atoms with van der Waals surface area (Å²) in [5.74, 6) is 1.34. The number of ether oxygens (including phenoxy) is 4. The van der Waals surface area contributed by atoms with Gasteiger partial charge in [0, 0.05) is 20.7 Å². The van der Waals surface area contributed by atoms with Gasteiger partial charge in [0.05, 0.1) is 11.6 Å². The number of benzene rings is 1. The molecule has 1 heterocycles. The first-order valence-corrected chi connectivity index (χ1v) is 11.3. The lowest BCUT2D eigenvalue weighted by Crippen LogP contribution is -2.22. The number of epoxide rings is 1. The van der Waals surface area contributed by atoms with Crippen molar-refractivity contribution < 1.29 is 18.9 Å². The Kier molecular flexibility index (Phi) is 5.93. The van der Waals surface area contributed by atoms with Crippen LogP contribution in [0, 0.1) is 0 Å². The molecule has 0 amide bonds. The summed E-state index contributed by atoms with van der Waals surface area (Å²) < 4.78 is 21.7. The predicted molar refractivity (Wildman–Crippen MR) is 86.3 cm³/mol. The molecule has 0 N–H and O–H groups in total. The lowest BCUT2D eigenvalue weighted by Gasteiger charge is -2.16. The minimum atomic E-state index is -1.05. The lowest BCUT2D eigenvalue weighted by atomic mass is 10.3. The minimum absolute atomic E-state index is 0.223. The molecule has 0 aliphatic carbocycles. The third-order valence-electron chi connectivity index (χ3n) is 3.04. The zero-order valence-electron chi connectivity index (χ0n) is 12.9. The number of halogens is 1. The van der Waals surface area contributed by atoms with Gasteiger partial charge in [-0.3, -0.25) is 0 Å². The molecular weight excluding hydrogens is 308 g/mol. The molecule has 0 saturated carbocycles. The van der Waals surface area contributed by atoms with Crippen LogP contribution in [-0.4, -0.2) is 40.8 Å². The summed E-state index contributed by atoms with van der Waals surface area (Å²) in [7, 11) is -1.05. The van der Waals surface area contributed by atoms with Crippen molar-refractivity contribution in [2.45, 2.75) is 31.8 Å². The standard InChI is InChI=1S/C15H23ClO4Si/c1-21(2,3)7-6-17-11-20-15-5-4-12(8-14(15)16)18-9-13-10-19-13/h4-5,8,13H,6-7,9-11H2,1-3H3/t13-/m0/s1. The van der Waals surface area contributed by atoms with Crippen LogP contribution >= 0.6 is 11.6 Å². The lowest BCUT2D eigenvalue weighted by molar-refractivity contribution is 0.0221. The van der Waals surface area contributed by atoms with Gasteiger partial charge in [0.1, 0.15) is 24.2 Å². The van der Waals surface area contributed by atoms with Gasteiger partial charge in [0.25, 0.3) is 0 Å². The molecule has 0 aromatic heterocycles. The molecule has 6 heteroatoms. The van der Waals surface area contributed by atoms with Gasteiger partial charge in [-0.15, -0.1) is 0 Å². The van der Waals surface area contributed by atoms with Gasteiger partial charge in [0.15, 0.2) is 6.79 Å². The summed E-state index contributed by atoms with van der Waals surface area (Å²) >= 11 is 6.16. The van der Waals surface area contributed by atoms with Crippen molar-refractivity contribution in [3.05, 3.63) is 23.2 Å². The average molecular weight is 331 g/mol. The van der Waals surface area contributed by atoms with Gasteiger partial charge in [-0.2, -0.15) is 0 Å². The molecule has 1 saturated heterocycles. The van der Waals surface area contributed by atoms with E-state index in [4.69, 9.17) is 30.5 Å². The van der Waals surface area contributed by atoms with Crippen molar-refractivity contribution in [1.29, 1.82) is 0 Å². The summed E-state index contributed by atoms with van der Waals surface area (Å²) in [4.78, 5) is 0. The van der Waals surface area contributed by atoms with Crippen LogP contribution in [0.25, 0.3) is 0 Å². The van der Waals surface area contributed by atoms with Crippen molar-refractivity contribution in [2.75, 3.05) is 26.6 Å². The van der Waals surface area contributed by atoms with Crippen molar-refractivity contribution in [2.24, 2.45) is 0 Å². The van der Waals surface area contributed by atoms with Crippen molar-refractivity contribution in [3.8, 4) is 11.5 Å². The molecular formula is C15H23ClO4Si. The van der Waals surface area contributed by atoms with Crippen LogP contribution in [0.15, 0.2) is 18.2 Å². The Hall–Kier alpha value is -0.753. The van der Waals surface area contributed by atoms with Crippen LogP contribution in [0.2, 0.25) is 30.7 Å². The molecule has 0 radical (unpaired) electrons. The van der Waals surface area contributed by atoms with E-state index >= 15 is 0 Å². The van der Waals surface area contributed by atoms with Crippen LogP contribution in [-0.2, 0) is 9.47 Å². The molecule has 21 heavy (non-hydrogen) atoms. The van der Waals surface area contributed by atoms with Gasteiger partial charge in [-0.25, -0.2) is 0 Å². The Bertz CT molecular complexity index is 457. The van der Waals surface area contributed by atoms with Crippen LogP contribution < -0.4 is 9.47 Å². The van der Waals surface area contributed by atoms with E-state index < -0.39 is 8.07 Å². The Labute approximate surface area is 132 Å². The van der Waals surface area contributed by atoms with Crippen molar-refractivity contribution in [3.63, 3.8) is 0 Å². The van der Waals surface area contributed by atoms with Gasteiger partial charge in [-0.05, 0) is 18.2 Å². The fourth-order valence-corrected chi connectivity index (χ4v) is 2.57. The van der Waals surface area contributed by atoms with Crippen LogP contribution in [0.1, 0.15) is 0 Å². The van der Waals surface area contributed by atoms with E-state index in [1.165, 1.54) is 0 Å². The monoisotopic (exact) mass is 330 g/mol. The van der Waals surface area contributed by atoms with E-state index in [0.29, 0.717) is 17.4 Å². The zero-order valence-corrected chi connectivity index (χ0v) is 14.6. The van der Waals surface area contributed by atoms with Crippen LogP contribution in [0.3, 0.4) is 0 Å². The topological polar surface area (TPSA) is 40.2 Å². The molecule has 0 spiro atoms. The third kappa shape index (κ3) is 6.69. The van der Waals surface area contributed by atoms with E-state index in [9.17, 15) is 0 Å².